The molecule has 0 aliphatic carbocycles. The van der Waals surface area contributed by atoms with Gasteiger partial charge in [0, 0.05) is 0 Å². The number of amides is 1. The van der Waals surface area contributed by atoms with Crippen molar-refractivity contribution in [1.82, 2.24) is 4.90 Å². The lowest BCUT2D eigenvalue weighted by atomic mass is 10.0. The van der Waals surface area contributed by atoms with E-state index in [4.69, 9.17) is 14.9 Å². The van der Waals surface area contributed by atoms with Gasteiger partial charge in [-0.3, -0.25) is 4.90 Å². The lowest BCUT2D eigenvalue weighted by Gasteiger charge is -2.31. The number of carboxylic acid groups (broad SMARTS) is 2. The summed E-state index contributed by atoms with van der Waals surface area (Å²) >= 11 is 0. The highest BCUT2D eigenvalue weighted by molar-refractivity contribution is 5.84. The van der Waals surface area contributed by atoms with Gasteiger partial charge in [-0.25, -0.2) is 9.59 Å². The molecule has 15 heavy (non-hydrogen) atoms. The van der Waals surface area contributed by atoms with Crippen molar-refractivity contribution in [2.24, 2.45) is 5.92 Å². The van der Waals surface area contributed by atoms with Crippen LogP contribution >= 0.6 is 0 Å². The molecule has 0 spiro atoms. The maximum atomic E-state index is 11.0. The van der Waals surface area contributed by atoms with Crippen molar-refractivity contribution in [3.05, 3.63) is 0 Å². The molecular formula is C9H15NO5. The second kappa shape index (κ2) is 3.69. The van der Waals surface area contributed by atoms with Crippen LogP contribution in [-0.4, -0.2) is 45.5 Å². The number of carbonyl (C=O) groups is 2. The lowest BCUT2D eigenvalue weighted by Crippen LogP contribution is -2.55. The van der Waals surface area contributed by atoms with E-state index in [2.05, 4.69) is 0 Å². The number of nitrogens with zero attached hydrogens (tertiary/aromatic N) is 1. The third-order valence-electron chi connectivity index (χ3n) is 2.56. The summed E-state index contributed by atoms with van der Waals surface area (Å²) in [5.41, 5.74) is -1.49. The van der Waals surface area contributed by atoms with E-state index in [1.807, 2.05) is 0 Å². The van der Waals surface area contributed by atoms with E-state index < -0.39 is 23.8 Å². The van der Waals surface area contributed by atoms with E-state index >= 15 is 0 Å². The van der Waals surface area contributed by atoms with E-state index in [0.717, 1.165) is 4.90 Å². The zero-order chi connectivity index (χ0) is 11.8. The van der Waals surface area contributed by atoms with Crippen LogP contribution in [0.1, 0.15) is 20.8 Å². The third-order valence-corrected chi connectivity index (χ3v) is 2.56. The van der Waals surface area contributed by atoms with Crippen LogP contribution in [0.25, 0.3) is 0 Å². The van der Waals surface area contributed by atoms with Crippen LogP contribution in [0.2, 0.25) is 0 Å². The molecule has 1 aliphatic rings. The maximum absolute atomic E-state index is 11.0. The standard InChI is InChI=1S/C9H15NO5/c1-5(2)6-10(8(13)14)9(3,4-15-6)7(11)12/h5-6H,4H2,1-3H3,(H,11,12)(H,13,14)/t6-,9+/m1/s1. The van der Waals surface area contributed by atoms with Crippen molar-refractivity contribution in [3.63, 3.8) is 0 Å². The van der Waals surface area contributed by atoms with Crippen LogP contribution in [0, 0.1) is 5.92 Å². The number of hydrogen-bond acceptors (Lipinski definition) is 3. The molecule has 0 radical (unpaired) electrons. The topological polar surface area (TPSA) is 87.1 Å². The van der Waals surface area contributed by atoms with Gasteiger partial charge in [0.2, 0.25) is 0 Å². The number of aliphatic carboxylic acids is 1. The average Bonchev–Trinajstić information content (AvgIpc) is 2.44. The van der Waals surface area contributed by atoms with Crippen LogP contribution in [0.5, 0.6) is 0 Å². The van der Waals surface area contributed by atoms with Crippen molar-refractivity contribution in [2.75, 3.05) is 6.61 Å². The first-order valence-electron chi connectivity index (χ1n) is 4.68. The van der Waals surface area contributed by atoms with Crippen molar-refractivity contribution < 1.29 is 24.5 Å². The van der Waals surface area contributed by atoms with E-state index in [-0.39, 0.29) is 12.5 Å². The predicted octanol–water partition coefficient (Wildman–Crippen LogP) is 0.822. The third kappa shape index (κ3) is 1.77. The molecule has 86 valence electrons. The summed E-state index contributed by atoms with van der Waals surface area (Å²) < 4.78 is 5.23. The molecule has 0 aromatic carbocycles. The minimum absolute atomic E-state index is 0.0812. The summed E-state index contributed by atoms with van der Waals surface area (Å²) in [7, 11) is 0. The first-order chi connectivity index (χ1) is 6.80. The van der Waals surface area contributed by atoms with Crippen molar-refractivity contribution >= 4 is 12.1 Å². The molecule has 2 N–H and O–H groups in total. The molecular weight excluding hydrogens is 202 g/mol. The van der Waals surface area contributed by atoms with E-state index in [0.29, 0.717) is 0 Å². The average molecular weight is 217 g/mol. The van der Waals surface area contributed by atoms with Crippen molar-refractivity contribution in [2.45, 2.75) is 32.5 Å². The van der Waals surface area contributed by atoms with Gasteiger partial charge in [-0.05, 0) is 12.8 Å². The normalized spacial score (nSPS) is 30.9. The fourth-order valence-electron chi connectivity index (χ4n) is 1.65. The summed E-state index contributed by atoms with van der Waals surface area (Å²) in [5, 5.41) is 18.0. The van der Waals surface area contributed by atoms with Crippen LogP contribution in [0.3, 0.4) is 0 Å². The summed E-state index contributed by atoms with van der Waals surface area (Å²) in [6.45, 7) is 4.81. The van der Waals surface area contributed by atoms with Gasteiger partial charge in [0.1, 0.15) is 6.23 Å². The molecule has 0 aromatic heterocycles. The number of ether oxygens (including phenoxy) is 1. The Balaban J connectivity index is 3.04. The summed E-state index contributed by atoms with van der Waals surface area (Å²) in [6, 6.07) is 0. The Morgan fingerprint density at radius 2 is 2.00 bits per heavy atom. The molecule has 1 amide bonds. The van der Waals surface area contributed by atoms with Gasteiger partial charge in [-0.2, -0.15) is 0 Å². The van der Waals surface area contributed by atoms with E-state index in [1.165, 1.54) is 6.92 Å². The fraction of sp³-hybridized carbons (Fsp3) is 0.778. The molecule has 6 heteroatoms. The summed E-state index contributed by atoms with van der Waals surface area (Å²) in [4.78, 5) is 22.9. The summed E-state index contributed by atoms with van der Waals surface area (Å²) in [6.07, 6.45) is -1.96. The fourth-order valence-corrected chi connectivity index (χ4v) is 1.65. The van der Waals surface area contributed by atoms with Crippen LogP contribution in [0.15, 0.2) is 0 Å². The van der Waals surface area contributed by atoms with E-state index in [9.17, 15) is 9.59 Å². The van der Waals surface area contributed by atoms with Gasteiger partial charge in [0.15, 0.2) is 5.54 Å². The number of rotatable bonds is 2. The van der Waals surface area contributed by atoms with E-state index in [1.54, 1.807) is 13.8 Å². The first kappa shape index (κ1) is 11.8. The zero-order valence-corrected chi connectivity index (χ0v) is 8.93. The molecule has 6 nitrogen and oxygen atoms in total. The highest BCUT2D eigenvalue weighted by Gasteiger charge is 2.53. The molecule has 0 aromatic rings. The first-order valence-corrected chi connectivity index (χ1v) is 4.68. The predicted molar refractivity (Wildman–Crippen MR) is 50.5 cm³/mol. The molecule has 1 rings (SSSR count). The maximum Gasteiger partial charge on any atom is 0.410 e. The second-order valence-corrected chi connectivity index (χ2v) is 4.18. The number of carboxylic acids is 1. The lowest BCUT2D eigenvalue weighted by molar-refractivity contribution is -0.147. The Morgan fingerprint density at radius 3 is 2.33 bits per heavy atom. The van der Waals surface area contributed by atoms with Crippen molar-refractivity contribution in [3.8, 4) is 0 Å². The van der Waals surface area contributed by atoms with Crippen LogP contribution in [0.4, 0.5) is 4.79 Å². The second-order valence-electron chi connectivity index (χ2n) is 4.18. The summed E-state index contributed by atoms with van der Waals surface area (Å²) in [5.74, 6) is -1.27. The minimum atomic E-state index is -1.49. The van der Waals surface area contributed by atoms with Gasteiger partial charge >= 0.3 is 12.1 Å². The van der Waals surface area contributed by atoms with Crippen molar-refractivity contribution in [1.29, 1.82) is 0 Å². The number of hydrogen-bond donors (Lipinski definition) is 2. The Labute approximate surface area is 87.4 Å². The molecule has 0 unspecified atom stereocenters. The SMILES string of the molecule is CC(C)[C@H]1OC[C@@](C)(C(=O)O)N1C(=O)O. The van der Waals surface area contributed by atoms with Gasteiger partial charge < -0.3 is 14.9 Å². The van der Waals surface area contributed by atoms with Gasteiger partial charge in [0.05, 0.1) is 6.61 Å². The van der Waals surface area contributed by atoms with Crippen LogP contribution < -0.4 is 0 Å². The Hall–Kier alpha value is -1.30. The molecule has 0 bridgehead atoms. The Bertz CT molecular complexity index is 290. The van der Waals surface area contributed by atoms with Gasteiger partial charge in [0.25, 0.3) is 0 Å². The quantitative estimate of drug-likeness (QED) is 0.715. The molecule has 1 aliphatic heterocycles. The highest BCUT2D eigenvalue weighted by atomic mass is 16.5. The smallest absolute Gasteiger partial charge is 0.410 e. The zero-order valence-electron chi connectivity index (χ0n) is 8.93. The molecule has 1 saturated heterocycles. The molecule has 1 heterocycles. The Kier molecular flexibility index (Phi) is 2.90. The van der Waals surface area contributed by atoms with Gasteiger partial charge in [-0.15, -0.1) is 0 Å². The minimum Gasteiger partial charge on any atom is -0.479 e. The largest absolute Gasteiger partial charge is 0.479 e. The molecule has 0 saturated carbocycles. The van der Waals surface area contributed by atoms with Crippen LogP contribution in [-0.2, 0) is 9.53 Å². The highest BCUT2D eigenvalue weighted by Crippen LogP contribution is 2.31. The molecule has 1 fully saturated rings. The monoisotopic (exact) mass is 217 g/mol. The van der Waals surface area contributed by atoms with Gasteiger partial charge in [-0.1, -0.05) is 13.8 Å². The Morgan fingerprint density at radius 1 is 1.47 bits per heavy atom. The molecule has 2 atom stereocenters.